The first-order valence-electron chi connectivity index (χ1n) is 9.81. The average Bonchev–Trinajstić information content (AvgIpc) is 3.31. The molecule has 2 heterocycles. The second-order valence-corrected chi connectivity index (χ2v) is 9.90. The van der Waals surface area contributed by atoms with Crippen LogP contribution in [0.4, 0.5) is 8.78 Å². The van der Waals surface area contributed by atoms with Gasteiger partial charge in [0.2, 0.25) is 15.9 Å². The van der Waals surface area contributed by atoms with Gasteiger partial charge in [-0.2, -0.15) is 0 Å². The van der Waals surface area contributed by atoms with Gasteiger partial charge in [0.25, 0.3) is 0 Å². The summed E-state index contributed by atoms with van der Waals surface area (Å²) in [5, 5.41) is 0. The van der Waals surface area contributed by atoms with Gasteiger partial charge in [0.05, 0.1) is 11.8 Å². The summed E-state index contributed by atoms with van der Waals surface area (Å²) in [5.41, 5.74) is 1.62. The van der Waals surface area contributed by atoms with Crippen molar-refractivity contribution < 1.29 is 22.0 Å². The predicted molar refractivity (Wildman–Crippen MR) is 108 cm³/mol. The maximum atomic E-state index is 14.4. The van der Waals surface area contributed by atoms with Gasteiger partial charge < -0.3 is 4.90 Å². The van der Waals surface area contributed by atoms with Gasteiger partial charge in [-0.3, -0.25) is 9.78 Å². The van der Waals surface area contributed by atoms with Gasteiger partial charge >= 0.3 is 0 Å². The molecule has 1 saturated carbocycles. The molecule has 2 fully saturated rings. The highest BCUT2D eigenvalue weighted by molar-refractivity contribution is 7.88. The molecule has 0 bridgehead atoms. The van der Waals surface area contributed by atoms with E-state index in [2.05, 4.69) is 9.71 Å². The molecule has 1 amide bonds. The van der Waals surface area contributed by atoms with E-state index in [1.165, 1.54) is 18.2 Å². The summed E-state index contributed by atoms with van der Waals surface area (Å²) in [4.78, 5) is 18.9. The van der Waals surface area contributed by atoms with Gasteiger partial charge in [-0.1, -0.05) is 6.07 Å². The fourth-order valence-corrected chi connectivity index (χ4v) is 5.04. The highest BCUT2D eigenvalue weighted by Crippen LogP contribution is 2.51. The molecule has 9 heteroatoms. The van der Waals surface area contributed by atoms with Crippen molar-refractivity contribution in [3.63, 3.8) is 0 Å². The minimum atomic E-state index is -3.33. The standard InChI is InChI=1S/C21H23F2N3O3S/c1-12-8-15(20-18(22)4-3-5-19(20)23)17(10-24-12)14-9-16(14)21(27)26-7-6-13(11-26)25-30(2,28)29/h3-5,8,10,13-14,16,25H,6-7,9,11H2,1-2H3/t13-,14-,16-/m1/s1. The maximum absolute atomic E-state index is 14.4. The van der Waals surface area contributed by atoms with Crippen molar-refractivity contribution >= 4 is 15.9 Å². The number of carbonyl (C=O) groups excluding carboxylic acids is 1. The minimum absolute atomic E-state index is 0.0571. The molecule has 0 spiro atoms. The molecule has 1 aliphatic carbocycles. The molecule has 1 aliphatic heterocycles. The Kier molecular flexibility index (Phi) is 5.36. The molecular weight excluding hydrogens is 412 g/mol. The summed E-state index contributed by atoms with van der Waals surface area (Å²) in [5.74, 6) is -1.82. The molecule has 4 rings (SSSR count). The summed E-state index contributed by atoms with van der Waals surface area (Å²) < 4.78 is 54.2. The highest BCUT2D eigenvalue weighted by atomic mass is 32.2. The third kappa shape index (κ3) is 4.22. The van der Waals surface area contributed by atoms with E-state index in [0.717, 1.165) is 6.26 Å². The number of aryl methyl sites for hydroxylation is 1. The normalized spacial score (nSPS) is 23.6. The SMILES string of the molecule is Cc1cc(-c2c(F)cccc2F)c([C@@H]2C[C@H]2C(=O)N2CC[C@@H](NS(C)(=O)=O)C2)cn1. The van der Waals surface area contributed by atoms with Gasteiger partial charge in [0, 0.05) is 36.9 Å². The Balaban J connectivity index is 1.54. The van der Waals surface area contributed by atoms with Crippen LogP contribution in [0.5, 0.6) is 0 Å². The summed E-state index contributed by atoms with van der Waals surface area (Å²) >= 11 is 0. The molecule has 0 unspecified atom stereocenters. The molecule has 1 aromatic heterocycles. The van der Waals surface area contributed by atoms with Crippen LogP contribution in [-0.4, -0.2) is 49.6 Å². The van der Waals surface area contributed by atoms with E-state index >= 15 is 0 Å². The van der Waals surface area contributed by atoms with E-state index in [-0.39, 0.29) is 29.3 Å². The summed E-state index contributed by atoms with van der Waals surface area (Å²) in [6.45, 7) is 2.56. The van der Waals surface area contributed by atoms with Gasteiger partial charge in [0.15, 0.2) is 0 Å². The lowest BCUT2D eigenvalue weighted by Gasteiger charge is -2.17. The first-order valence-corrected chi connectivity index (χ1v) is 11.7. The summed E-state index contributed by atoms with van der Waals surface area (Å²) in [7, 11) is -3.33. The lowest BCUT2D eigenvalue weighted by atomic mass is 9.96. The number of likely N-dealkylation sites (tertiary alicyclic amines) is 1. The molecule has 1 aromatic carbocycles. The van der Waals surface area contributed by atoms with Crippen molar-refractivity contribution in [1.29, 1.82) is 0 Å². The molecule has 1 N–H and O–H groups in total. The first-order chi connectivity index (χ1) is 14.1. The summed E-state index contributed by atoms with van der Waals surface area (Å²) in [6, 6.07) is 5.11. The van der Waals surface area contributed by atoms with Crippen molar-refractivity contribution in [2.45, 2.75) is 31.7 Å². The fraction of sp³-hybridized carbons (Fsp3) is 0.429. The Bertz CT molecular complexity index is 1090. The number of hydrogen-bond donors (Lipinski definition) is 1. The zero-order chi connectivity index (χ0) is 21.6. The van der Waals surface area contributed by atoms with Crippen molar-refractivity contribution in [3.8, 4) is 11.1 Å². The Hall–Kier alpha value is -2.39. The molecule has 160 valence electrons. The van der Waals surface area contributed by atoms with Gasteiger partial charge in [-0.25, -0.2) is 21.9 Å². The predicted octanol–water partition coefficient (Wildman–Crippen LogP) is 2.59. The van der Waals surface area contributed by atoms with Crippen LogP contribution in [0.3, 0.4) is 0 Å². The van der Waals surface area contributed by atoms with E-state index in [4.69, 9.17) is 0 Å². The number of benzene rings is 1. The second-order valence-electron chi connectivity index (χ2n) is 8.12. The van der Waals surface area contributed by atoms with Crippen molar-refractivity contribution in [3.05, 3.63) is 53.4 Å². The van der Waals surface area contributed by atoms with Crippen LogP contribution in [0.2, 0.25) is 0 Å². The molecule has 6 nitrogen and oxygen atoms in total. The second kappa shape index (κ2) is 7.70. The Morgan fingerprint density at radius 2 is 1.97 bits per heavy atom. The van der Waals surface area contributed by atoms with Gasteiger partial charge in [0.1, 0.15) is 11.6 Å². The number of nitrogens with one attached hydrogen (secondary N) is 1. The Labute approximate surface area is 174 Å². The van der Waals surface area contributed by atoms with Crippen LogP contribution in [0.15, 0.2) is 30.5 Å². The number of hydrogen-bond acceptors (Lipinski definition) is 4. The number of aromatic nitrogens is 1. The van der Waals surface area contributed by atoms with Crippen LogP contribution in [0.25, 0.3) is 11.1 Å². The zero-order valence-electron chi connectivity index (χ0n) is 16.7. The first kappa shape index (κ1) is 20.9. The number of nitrogens with zero attached hydrogens (tertiary/aromatic N) is 2. The van der Waals surface area contributed by atoms with Crippen LogP contribution < -0.4 is 4.72 Å². The smallest absolute Gasteiger partial charge is 0.226 e. The molecular formula is C21H23F2N3O3S. The van der Waals surface area contributed by atoms with Crippen molar-refractivity contribution in [2.24, 2.45) is 5.92 Å². The lowest BCUT2D eigenvalue weighted by Crippen LogP contribution is -2.38. The average molecular weight is 435 g/mol. The number of amides is 1. The molecule has 0 radical (unpaired) electrons. The van der Waals surface area contributed by atoms with E-state index in [0.29, 0.717) is 42.8 Å². The maximum Gasteiger partial charge on any atom is 0.226 e. The number of pyridine rings is 1. The van der Waals surface area contributed by atoms with Crippen LogP contribution >= 0.6 is 0 Å². The van der Waals surface area contributed by atoms with E-state index in [9.17, 15) is 22.0 Å². The van der Waals surface area contributed by atoms with Gasteiger partial charge in [-0.05, 0) is 55.0 Å². The highest BCUT2D eigenvalue weighted by Gasteiger charge is 2.48. The largest absolute Gasteiger partial charge is 0.341 e. The number of rotatable bonds is 5. The monoisotopic (exact) mass is 435 g/mol. The number of sulfonamides is 1. The van der Waals surface area contributed by atoms with Crippen molar-refractivity contribution in [2.75, 3.05) is 19.3 Å². The molecule has 3 atom stereocenters. The number of halogens is 2. The third-order valence-corrected chi connectivity index (χ3v) is 6.45. The van der Waals surface area contributed by atoms with E-state index in [1.54, 1.807) is 24.1 Å². The van der Waals surface area contributed by atoms with E-state index in [1.807, 2.05) is 0 Å². The number of carbonyl (C=O) groups is 1. The van der Waals surface area contributed by atoms with Crippen LogP contribution in [0, 0.1) is 24.5 Å². The zero-order valence-corrected chi connectivity index (χ0v) is 17.5. The summed E-state index contributed by atoms with van der Waals surface area (Å²) in [6.07, 6.45) is 3.84. The molecule has 2 aromatic rings. The Morgan fingerprint density at radius 1 is 1.27 bits per heavy atom. The molecule has 1 saturated heterocycles. The Morgan fingerprint density at radius 3 is 2.63 bits per heavy atom. The lowest BCUT2D eigenvalue weighted by molar-refractivity contribution is -0.131. The van der Waals surface area contributed by atoms with Crippen LogP contribution in [0.1, 0.15) is 30.0 Å². The fourth-order valence-electron chi connectivity index (χ4n) is 4.24. The molecule has 30 heavy (non-hydrogen) atoms. The quantitative estimate of drug-likeness (QED) is 0.783. The molecule has 2 aliphatic rings. The van der Waals surface area contributed by atoms with Gasteiger partial charge in [-0.15, -0.1) is 0 Å². The topological polar surface area (TPSA) is 79.4 Å². The minimum Gasteiger partial charge on any atom is -0.341 e. The third-order valence-electron chi connectivity index (χ3n) is 5.69. The van der Waals surface area contributed by atoms with E-state index < -0.39 is 21.7 Å². The van der Waals surface area contributed by atoms with Crippen molar-refractivity contribution in [1.82, 2.24) is 14.6 Å². The van der Waals surface area contributed by atoms with Crippen LogP contribution in [-0.2, 0) is 14.8 Å².